The minimum absolute atomic E-state index is 0.0249. The third-order valence-corrected chi connectivity index (χ3v) is 5.44. The van der Waals surface area contributed by atoms with Crippen molar-refractivity contribution in [3.05, 3.63) is 18.0 Å². The van der Waals surface area contributed by atoms with E-state index in [9.17, 15) is 4.79 Å². The van der Waals surface area contributed by atoms with Crippen molar-refractivity contribution in [1.82, 2.24) is 15.3 Å². The molecule has 142 valence electrons. The van der Waals surface area contributed by atoms with E-state index in [1.54, 1.807) is 0 Å². The Kier molecular flexibility index (Phi) is 5.33. The molecule has 0 radical (unpaired) electrons. The standard InChI is InChI=1S/C18H26N4O4/c1-24-10-15(23)20-13-8-25-17-14(9-26-16(13)17)22-18-19-7-6-12(21-18)11-4-2-3-5-11/h6-7,11,13-14,16-17H,2-5,8-10H2,1H3,(H,20,23)(H,19,21,22)/t13-,14+,16-,17+/m1/s1. The first kappa shape index (κ1) is 17.6. The zero-order valence-corrected chi connectivity index (χ0v) is 15.0. The van der Waals surface area contributed by atoms with Crippen LogP contribution in [0.25, 0.3) is 0 Å². The molecule has 0 spiro atoms. The molecular weight excluding hydrogens is 336 g/mol. The Morgan fingerprint density at radius 1 is 1.23 bits per heavy atom. The van der Waals surface area contributed by atoms with Crippen LogP contribution in [0.5, 0.6) is 0 Å². The first-order valence-electron chi connectivity index (χ1n) is 9.35. The van der Waals surface area contributed by atoms with Gasteiger partial charge >= 0.3 is 0 Å². The third kappa shape index (κ3) is 3.67. The Morgan fingerprint density at radius 2 is 1.96 bits per heavy atom. The summed E-state index contributed by atoms with van der Waals surface area (Å²) in [6.07, 6.45) is 6.51. The molecule has 1 aliphatic carbocycles. The molecule has 3 fully saturated rings. The summed E-state index contributed by atoms with van der Waals surface area (Å²) >= 11 is 0. The van der Waals surface area contributed by atoms with Crippen molar-refractivity contribution in [1.29, 1.82) is 0 Å². The average molecular weight is 362 g/mol. The zero-order valence-electron chi connectivity index (χ0n) is 15.0. The molecule has 1 aromatic rings. The van der Waals surface area contributed by atoms with Gasteiger partial charge in [0.1, 0.15) is 18.8 Å². The summed E-state index contributed by atoms with van der Waals surface area (Å²) in [5.74, 6) is 1.02. The van der Waals surface area contributed by atoms with Gasteiger partial charge in [0.15, 0.2) is 0 Å². The van der Waals surface area contributed by atoms with E-state index in [-0.39, 0.29) is 36.8 Å². The Morgan fingerprint density at radius 3 is 2.73 bits per heavy atom. The lowest BCUT2D eigenvalue weighted by Gasteiger charge is -2.19. The quantitative estimate of drug-likeness (QED) is 0.774. The van der Waals surface area contributed by atoms with Crippen molar-refractivity contribution in [2.45, 2.75) is 55.9 Å². The van der Waals surface area contributed by atoms with E-state index >= 15 is 0 Å². The maximum absolute atomic E-state index is 11.7. The summed E-state index contributed by atoms with van der Waals surface area (Å²) in [4.78, 5) is 20.8. The van der Waals surface area contributed by atoms with Crippen LogP contribution < -0.4 is 10.6 Å². The van der Waals surface area contributed by atoms with Crippen LogP contribution in [0, 0.1) is 0 Å². The number of methoxy groups -OCH3 is 1. The normalized spacial score (nSPS) is 31.1. The Balaban J connectivity index is 1.37. The van der Waals surface area contributed by atoms with Crippen LogP contribution in [0.3, 0.4) is 0 Å². The third-order valence-electron chi connectivity index (χ3n) is 5.44. The second-order valence-corrected chi connectivity index (χ2v) is 7.24. The molecule has 3 heterocycles. The summed E-state index contributed by atoms with van der Waals surface area (Å²) in [5, 5.41) is 6.27. The number of carbonyl (C=O) groups excluding carboxylic acids is 1. The van der Waals surface area contributed by atoms with Crippen molar-refractivity contribution in [2.75, 3.05) is 32.2 Å². The molecule has 2 saturated heterocycles. The fourth-order valence-electron chi connectivity index (χ4n) is 4.18. The molecule has 8 nitrogen and oxygen atoms in total. The van der Waals surface area contributed by atoms with Crippen molar-refractivity contribution in [3.8, 4) is 0 Å². The van der Waals surface area contributed by atoms with Gasteiger partial charge in [0.2, 0.25) is 11.9 Å². The van der Waals surface area contributed by atoms with Gasteiger partial charge in [-0.2, -0.15) is 0 Å². The number of nitrogens with one attached hydrogen (secondary N) is 2. The van der Waals surface area contributed by atoms with E-state index in [1.165, 1.54) is 32.8 Å². The number of carbonyl (C=O) groups is 1. The van der Waals surface area contributed by atoms with Crippen molar-refractivity contribution in [3.63, 3.8) is 0 Å². The van der Waals surface area contributed by atoms with Crippen LogP contribution in [-0.2, 0) is 19.0 Å². The highest BCUT2D eigenvalue weighted by Crippen LogP contribution is 2.33. The van der Waals surface area contributed by atoms with Gasteiger partial charge in [0.05, 0.1) is 25.3 Å². The number of amides is 1. The molecule has 4 atom stereocenters. The van der Waals surface area contributed by atoms with Gasteiger partial charge in [-0.15, -0.1) is 0 Å². The van der Waals surface area contributed by atoms with Crippen LogP contribution in [0.15, 0.2) is 12.3 Å². The highest BCUT2D eigenvalue weighted by molar-refractivity contribution is 5.77. The summed E-state index contributed by atoms with van der Waals surface area (Å²) in [7, 11) is 1.50. The monoisotopic (exact) mass is 362 g/mol. The summed E-state index contributed by atoms with van der Waals surface area (Å²) in [6.45, 7) is 0.978. The van der Waals surface area contributed by atoms with Gasteiger partial charge in [-0.25, -0.2) is 9.97 Å². The van der Waals surface area contributed by atoms with Gasteiger partial charge in [0, 0.05) is 24.9 Å². The van der Waals surface area contributed by atoms with Crippen molar-refractivity contribution >= 4 is 11.9 Å². The van der Waals surface area contributed by atoms with E-state index in [0.717, 1.165) is 5.69 Å². The van der Waals surface area contributed by atoms with Crippen LogP contribution in [-0.4, -0.2) is 67.1 Å². The van der Waals surface area contributed by atoms with Gasteiger partial charge in [-0.1, -0.05) is 12.8 Å². The predicted molar refractivity (Wildman–Crippen MR) is 93.9 cm³/mol. The minimum atomic E-state index is -0.161. The second kappa shape index (κ2) is 7.85. The van der Waals surface area contributed by atoms with Crippen LogP contribution >= 0.6 is 0 Å². The van der Waals surface area contributed by atoms with Gasteiger partial charge in [-0.3, -0.25) is 4.79 Å². The molecule has 0 aromatic carbocycles. The van der Waals surface area contributed by atoms with E-state index in [1.807, 2.05) is 12.3 Å². The van der Waals surface area contributed by atoms with Gasteiger partial charge in [-0.05, 0) is 18.9 Å². The number of nitrogens with zero attached hydrogens (tertiary/aromatic N) is 2. The Bertz CT molecular complexity index is 637. The Hall–Kier alpha value is -1.77. The summed E-state index contributed by atoms with van der Waals surface area (Å²) in [5.41, 5.74) is 1.12. The first-order chi connectivity index (χ1) is 12.7. The number of anilines is 1. The lowest BCUT2D eigenvalue weighted by Crippen LogP contribution is -2.45. The lowest BCUT2D eigenvalue weighted by molar-refractivity contribution is -0.126. The fraction of sp³-hybridized carbons (Fsp3) is 0.722. The maximum Gasteiger partial charge on any atom is 0.246 e. The number of hydrogen-bond acceptors (Lipinski definition) is 7. The molecular formula is C18H26N4O4. The second-order valence-electron chi connectivity index (χ2n) is 7.24. The fourth-order valence-corrected chi connectivity index (χ4v) is 4.18. The minimum Gasteiger partial charge on any atom is -0.375 e. The predicted octanol–water partition coefficient (Wildman–Crippen LogP) is 0.844. The van der Waals surface area contributed by atoms with Crippen molar-refractivity contribution < 1.29 is 19.0 Å². The molecule has 1 amide bonds. The molecule has 2 aliphatic heterocycles. The van der Waals surface area contributed by atoms with Crippen LogP contribution in [0.1, 0.15) is 37.3 Å². The molecule has 0 bridgehead atoms. The van der Waals surface area contributed by atoms with E-state index in [0.29, 0.717) is 25.1 Å². The molecule has 3 aliphatic rings. The average Bonchev–Trinajstić information content (AvgIpc) is 3.36. The van der Waals surface area contributed by atoms with Gasteiger partial charge in [0.25, 0.3) is 0 Å². The van der Waals surface area contributed by atoms with E-state index in [4.69, 9.17) is 19.2 Å². The number of aromatic nitrogens is 2. The molecule has 0 unspecified atom stereocenters. The number of rotatable bonds is 6. The van der Waals surface area contributed by atoms with E-state index < -0.39 is 0 Å². The van der Waals surface area contributed by atoms with Crippen LogP contribution in [0.4, 0.5) is 5.95 Å². The highest BCUT2D eigenvalue weighted by Gasteiger charge is 2.48. The summed E-state index contributed by atoms with van der Waals surface area (Å²) < 4.78 is 16.6. The molecule has 4 rings (SSSR count). The molecule has 1 aromatic heterocycles. The Labute approximate surface area is 153 Å². The lowest BCUT2D eigenvalue weighted by atomic mass is 10.0. The topological polar surface area (TPSA) is 94.6 Å². The first-order valence-corrected chi connectivity index (χ1v) is 9.35. The smallest absolute Gasteiger partial charge is 0.246 e. The number of hydrogen-bond donors (Lipinski definition) is 2. The van der Waals surface area contributed by atoms with E-state index in [2.05, 4.69) is 15.6 Å². The molecule has 1 saturated carbocycles. The summed E-state index contributed by atoms with van der Waals surface area (Å²) in [6, 6.07) is 1.84. The van der Waals surface area contributed by atoms with Gasteiger partial charge < -0.3 is 24.8 Å². The van der Waals surface area contributed by atoms with Crippen molar-refractivity contribution in [2.24, 2.45) is 0 Å². The molecule has 2 N–H and O–H groups in total. The number of fused-ring (bicyclic) bond motifs is 1. The highest BCUT2D eigenvalue weighted by atomic mass is 16.6. The van der Waals surface area contributed by atoms with Crippen LogP contribution in [0.2, 0.25) is 0 Å². The molecule has 8 heteroatoms. The number of ether oxygens (including phenoxy) is 3. The largest absolute Gasteiger partial charge is 0.375 e. The zero-order chi connectivity index (χ0) is 17.9. The SMILES string of the molecule is COCC(=O)N[C@@H]1CO[C@@H]2[C@@H]1OC[C@@H]2Nc1nccc(C2CCCC2)n1. The molecule has 26 heavy (non-hydrogen) atoms. The maximum atomic E-state index is 11.7.